The van der Waals surface area contributed by atoms with E-state index in [4.69, 9.17) is 11.0 Å². The van der Waals surface area contributed by atoms with E-state index < -0.39 is 0 Å². The first-order valence-corrected chi connectivity index (χ1v) is 4.53. The lowest BCUT2D eigenvalue weighted by atomic mass is 10.2. The van der Waals surface area contributed by atoms with Crippen LogP contribution >= 0.6 is 23.6 Å². The molecular weight excluding hydrogens is 188 g/mol. The molecule has 0 spiro atoms. The molecule has 12 heavy (non-hydrogen) atoms. The highest BCUT2D eigenvalue weighted by Crippen LogP contribution is 2.10. The molecule has 0 unspecified atom stereocenters. The summed E-state index contributed by atoms with van der Waals surface area (Å²) in [5, 5.41) is 12.5. The van der Waals surface area contributed by atoms with E-state index in [2.05, 4.69) is 12.2 Å². The molecule has 0 bridgehead atoms. The van der Waals surface area contributed by atoms with Gasteiger partial charge in [0.15, 0.2) is 0 Å². The van der Waals surface area contributed by atoms with Crippen LogP contribution in [0.25, 0.3) is 6.08 Å². The lowest BCUT2D eigenvalue weighted by Gasteiger charge is -1.91. The van der Waals surface area contributed by atoms with Gasteiger partial charge >= 0.3 is 0 Å². The van der Waals surface area contributed by atoms with Gasteiger partial charge in [0.1, 0.15) is 11.1 Å². The van der Waals surface area contributed by atoms with E-state index in [9.17, 15) is 0 Å². The predicted molar refractivity (Wildman–Crippen MR) is 54.7 cm³/mol. The molecule has 0 fully saturated rings. The summed E-state index contributed by atoms with van der Waals surface area (Å²) in [6.45, 7) is 0. The molecule has 2 N–H and O–H groups in total. The first-order chi connectivity index (χ1) is 5.74. The maximum Gasteiger partial charge on any atom is 0.114 e. The van der Waals surface area contributed by atoms with Gasteiger partial charge in [-0.2, -0.15) is 16.6 Å². The highest BCUT2D eigenvalue weighted by Gasteiger charge is 1.98. The van der Waals surface area contributed by atoms with Crippen LogP contribution in [0.2, 0.25) is 0 Å². The molecule has 0 aliphatic rings. The Labute approximate surface area is 79.9 Å². The monoisotopic (exact) mass is 194 g/mol. The molecule has 1 heterocycles. The zero-order valence-electron chi connectivity index (χ0n) is 6.15. The fourth-order valence-electron chi connectivity index (χ4n) is 0.682. The lowest BCUT2D eigenvalue weighted by Crippen LogP contribution is -2.09. The van der Waals surface area contributed by atoms with Crippen molar-refractivity contribution in [3.8, 4) is 6.07 Å². The summed E-state index contributed by atoms with van der Waals surface area (Å²) < 4.78 is 0. The third-order valence-electron chi connectivity index (χ3n) is 1.24. The molecule has 0 atom stereocenters. The van der Waals surface area contributed by atoms with Crippen molar-refractivity contribution in [2.45, 2.75) is 0 Å². The standard InChI is InChI=1S/C8H6N2S2/c9-4-7(8(10)11)3-6-1-2-12-5-6/h1-3,5H,(H2,10,11)/b7-3-. The Bertz CT molecular complexity index is 344. The Morgan fingerprint density at radius 2 is 2.50 bits per heavy atom. The average Bonchev–Trinajstić information content (AvgIpc) is 2.51. The lowest BCUT2D eigenvalue weighted by molar-refractivity contribution is 1.51. The number of thiophene rings is 1. The number of nitrogens with zero attached hydrogens (tertiary/aromatic N) is 1. The Hall–Kier alpha value is -1.18. The van der Waals surface area contributed by atoms with Crippen LogP contribution in [0.4, 0.5) is 0 Å². The number of rotatable bonds is 2. The van der Waals surface area contributed by atoms with Gasteiger partial charge in [-0.05, 0) is 28.5 Å². The van der Waals surface area contributed by atoms with Crippen molar-refractivity contribution < 1.29 is 0 Å². The smallest absolute Gasteiger partial charge is 0.114 e. The molecule has 0 radical (unpaired) electrons. The topological polar surface area (TPSA) is 49.8 Å². The van der Waals surface area contributed by atoms with Crippen LogP contribution in [0.5, 0.6) is 0 Å². The van der Waals surface area contributed by atoms with E-state index in [1.807, 2.05) is 22.9 Å². The zero-order valence-corrected chi connectivity index (χ0v) is 7.78. The minimum absolute atomic E-state index is 0.142. The summed E-state index contributed by atoms with van der Waals surface area (Å²) in [6, 6.07) is 3.84. The number of nitrogens with two attached hydrogens (primary N) is 1. The number of hydrogen-bond donors (Lipinski definition) is 1. The van der Waals surface area contributed by atoms with E-state index >= 15 is 0 Å². The SMILES string of the molecule is N#C/C(=C/c1ccsc1)C(N)=S. The summed E-state index contributed by atoms with van der Waals surface area (Å²) in [4.78, 5) is 0.142. The molecule has 4 heteroatoms. The van der Waals surface area contributed by atoms with Crippen molar-refractivity contribution >= 4 is 34.6 Å². The van der Waals surface area contributed by atoms with Crippen molar-refractivity contribution in [3.05, 3.63) is 28.0 Å². The molecular formula is C8H6N2S2. The fourth-order valence-corrected chi connectivity index (χ4v) is 1.40. The molecule has 0 aliphatic heterocycles. The van der Waals surface area contributed by atoms with Crippen LogP contribution < -0.4 is 5.73 Å². The third kappa shape index (κ3) is 2.16. The van der Waals surface area contributed by atoms with E-state index in [1.165, 1.54) is 0 Å². The molecule has 1 aromatic rings. The van der Waals surface area contributed by atoms with Gasteiger partial charge in [0.2, 0.25) is 0 Å². The summed E-state index contributed by atoms with van der Waals surface area (Å²) in [7, 11) is 0. The van der Waals surface area contributed by atoms with Crippen LogP contribution in [0.3, 0.4) is 0 Å². The van der Waals surface area contributed by atoms with Crippen LogP contribution in [0.15, 0.2) is 22.4 Å². The van der Waals surface area contributed by atoms with Gasteiger partial charge in [0, 0.05) is 0 Å². The predicted octanol–water partition coefficient (Wildman–Crippen LogP) is 1.94. The molecule has 0 saturated heterocycles. The van der Waals surface area contributed by atoms with Gasteiger partial charge in [0.25, 0.3) is 0 Å². The van der Waals surface area contributed by atoms with Gasteiger partial charge < -0.3 is 5.73 Å². The van der Waals surface area contributed by atoms with E-state index in [0.717, 1.165) is 5.56 Å². The highest BCUT2D eigenvalue weighted by atomic mass is 32.1. The van der Waals surface area contributed by atoms with Gasteiger partial charge in [-0.1, -0.05) is 12.2 Å². The van der Waals surface area contributed by atoms with E-state index in [1.54, 1.807) is 17.4 Å². The first kappa shape index (κ1) is 8.91. The van der Waals surface area contributed by atoms with Crippen molar-refractivity contribution in [1.82, 2.24) is 0 Å². The quantitative estimate of drug-likeness (QED) is 0.444. The number of thiocarbonyl (C=S) groups is 1. The van der Waals surface area contributed by atoms with Gasteiger partial charge in [0.05, 0.1) is 5.57 Å². The Kier molecular flexibility index (Phi) is 2.97. The van der Waals surface area contributed by atoms with Gasteiger partial charge in [-0.25, -0.2) is 0 Å². The summed E-state index contributed by atoms with van der Waals surface area (Å²) >= 11 is 6.25. The number of nitriles is 1. The molecule has 0 aliphatic carbocycles. The average molecular weight is 194 g/mol. The minimum atomic E-state index is 0.142. The largest absolute Gasteiger partial charge is 0.389 e. The third-order valence-corrected chi connectivity index (χ3v) is 2.16. The maximum atomic E-state index is 8.61. The highest BCUT2D eigenvalue weighted by molar-refractivity contribution is 7.80. The van der Waals surface area contributed by atoms with Crippen LogP contribution in [-0.4, -0.2) is 4.99 Å². The van der Waals surface area contributed by atoms with E-state index in [0.29, 0.717) is 5.57 Å². The summed E-state index contributed by atoms with van der Waals surface area (Å²) in [6.07, 6.45) is 1.68. The Morgan fingerprint density at radius 1 is 1.75 bits per heavy atom. The second-order valence-corrected chi connectivity index (χ2v) is 3.31. The van der Waals surface area contributed by atoms with Crippen LogP contribution in [0, 0.1) is 11.3 Å². The summed E-state index contributed by atoms with van der Waals surface area (Å²) in [5.41, 5.74) is 6.62. The molecule has 0 amide bonds. The van der Waals surface area contributed by atoms with Gasteiger partial charge in [-0.15, -0.1) is 0 Å². The van der Waals surface area contributed by atoms with Crippen molar-refractivity contribution in [3.63, 3.8) is 0 Å². The normalized spacial score (nSPS) is 10.8. The minimum Gasteiger partial charge on any atom is -0.389 e. The molecule has 0 aromatic carbocycles. The molecule has 60 valence electrons. The maximum absolute atomic E-state index is 8.61. The van der Waals surface area contributed by atoms with Crippen LogP contribution in [0.1, 0.15) is 5.56 Å². The van der Waals surface area contributed by atoms with Crippen molar-refractivity contribution in [2.24, 2.45) is 5.73 Å². The Balaban J connectivity index is 2.95. The van der Waals surface area contributed by atoms with E-state index in [-0.39, 0.29) is 4.99 Å². The molecule has 0 saturated carbocycles. The molecule has 1 aromatic heterocycles. The molecule has 2 nitrogen and oxygen atoms in total. The first-order valence-electron chi connectivity index (χ1n) is 3.18. The zero-order chi connectivity index (χ0) is 8.97. The number of hydrogen-bond acceptors (Lipinski definition) is 3. The van der Waals surface area contributed by atoms with Crippen molar-refractivity contribution in [2.75, 3.05) is 0 Å². The fraction of sp³-hybridized carbons (Fsp3) is 0. The van der Waals surface area contributed by atoms with Gasteiger partial charge in [-0.3, -0.25) is 0 Å². The molecule has 1 rings (SSSR count). The second-order valence-electron chi connectivity index (χ2n) is 2.09. The summed E-state index contributed by atoms with van der Waals surface area (Å²) in [5.74, 6) is 0. The second kappa shape index (κ2) is 4.00. The Morgan fingerprint density at radius 3 is 2.92 bits per heavy atom. The van der Waals surface area contributed by atoms with Crippen molar-refractivity contribution in [1.29, 1.82) is 5.26 Å². The van der Waals surface area contributed by atoms with Crippen LogP contribution in [-0.2, 0) is 0 Å².